The van der Waals surface area contributed by atoms with E-state index in [1.165, 1.54) is 16.6 Å². The molecule has 102 valence electrons. The van der Waals surface area contributed by atoms with Gasteiger partial charge in [0.15, 0.2) is 5.16 Å². The zero-order valence-corrected chi connectivity index (χ0v) is 12.5. The van der Waals surface area contributed by atoms with Crippen LogP contribution < -0.4 is 0 Å². The molecule has 0 spiro atoms. The smallest absolute Gasteiger partial charge is 0.313 e. The van der Waals surface area contributed by atoms with Crippen molar-refractivity contribution in [2.75, 3.05) is 5.75 Å². The molecule has 1 N–H and O–H groups in total. The minimum atomic E-state index is -0.818. The van der Waals surface area contributed by atoms with Crippen molar-refractivity contribution in [3.8, 4) is 0 Å². The standard InChI is InChI=1S/C13H16N2O2S2/c1-3-10(11-5-4-6-18-11)15-7-9(2)14-13(15)19-8-12(16)17/h4-7,10H,3,8H2,1-2H3,(H,16,17). The summed E-state index contributed by atoms with van der Waals surface area (Å²) in [5.74, 6) is -0.779. The maximum atomic E-state index is 10.7. The summed E-state index contributed by atoms with van der Waals surface area (Å²) in [6.45, 7) is 4.06. The lowest BCUT2D eigenvalue weighted by atomic mass is 10.2. The van der Waals surface area contributed by atoms with Crippen molar-refractivity contribution in [1.82, 2.24) is 9.55 Å². The average Bonchev–Trinajstić information content (AvgIpc) is 2.98. The third-order valence-corrected chi connectivity index (χ3v) is 4.66. The van der Waals surface area contributed by atoms with E-state index < -0.39 is 5.97 Å². The van der Waals surface area contributed by atoms with Gasteiger partial charge in [0.1, 0.15) is 0 Å². The minimum Gasteiger partial charge on any atom is -0.481 e. The Kier molecular flexibility index (Phi) is 4.66. The van der Waals surface area contributed by atoms with E-state index in [0.29, 0.717) is 0 Å². The van der Waals surface area contributed by atoms with Crippen molar-refractivity contribution in [2.45, 2.75) is 31.5 Å². The molecule has 0 aliphatic rings. The van der Waals surface area contributed by atoms with Crippen molar-refractivity contribution in [1.29, 1.82) is 0 Å². The molecule has 2 aromatic rings. The van der Waals surface area contributed by atoms with Crippen LogP contribution in [-0.2, 0) is 4.79 Å². The highest BCUT2D eigenvalue weighted by molar-refractivity contribution is 7.99. The summed E-state index contributed by atoms with van der Waals surface area (Å²) in [6.07, 6.45) is 2.95. The fourth-order valence-corrected chi connectivity index (χ4v) is 3.67. The number of aromatic nitrogens is 2. The molecule has 0 bridgehead atoms. The lowest BCUT2D eigenvalue weighted by molar-refractivity contribution is -0.133. The molecule has 0 aliphatic carbocycles. The fourth-order valence-electron chi connectivity index (χ4n) is 1.97. The Morgan fingerprint density at radius 1 is 1.63 bits per heavy atom. The second-order valence-corrected chi connectivity index (χ2v) is 6.12. The lowest BCUT2D eigenvalue weighted by Gasteiger charge is -2.17. The first-order valence-electron chi connectivity index (χ1n) is 6.05. The number of imidazole rings is 1. The molecule has 2 aromatic heterocycles. The molecular formula is C13H16N2O2S2. The highest BCUT2D eigenvalue weighted by atomic mass is 32.2. The van der Waals surface area contributed by atoms with Crippen molar-refractivity contribution >= 4 is 29.1 Å². The summed E-state index contributed by atoms with van der Waals surface area (Å²) in [5.41, 5.74) is 0.919. The number of thiophene rings is 1. The predicted molar refractivity (Wildman–Crippen MR) is 78.1 cm³/mol. The van der Waals surface area contributed by atoms with Gasteiger partial charge in [0.25, 0.3) is 0 Å². The third-order valence-electron chi connectivity index (χ3n) is 2.74. The summed E-state index contributed by atoms with van der Waals surface area (Å²) in [4.78, 5) is 16.4. The zero-order valence-electron chi connectivity index (χ0n) is 10.9. The van der Waals surface area contributed by atoms with Crippen molar-refractivity contribution < 1.29 is 9.90 Å². The quantitative estimate of drug-likeness (QED) is 0.830. The molecular weight excluding hydrogens is 280 g/mol. The molecule has 4 nitrogen and oxygen atoms in total. The number of hydrogen-bond acceptors (Lipinski definition) is 4. The summed E-state index contributed by atoms with van der Waals surface area (Å²) >= 11 is 2.99. The summed E-state index contributed by atoms with van der Waals surface area (Å²) in [7, 11) is 0. The average molecular weight is 296 g/mol. The van der Waals surface area contributed by atoms with Gasteiger partial charge in [-0.2, -0.15) is 0 Å². The predicted octanol–water partition coefficient (Wildman–Crippen LogP) is 3.43. The number of carboxylic acid groups (broad SMARTS) is 1. The Hall–Kier alpha value is -1.27. The monoisotopic (exact) mass is 296 g/mol. The Morgan fingerprint density at radius 2 is 2.42 bits per heavy atom. The van der Waals surface area contributed by atoms with Gasteiger partial charge in [-0.05, 0) is 24.8 Å². The normalized spacial score (nSPS) is 12.5. The number of thioether (sulfide) groups is 1. The van der Waals surface area contributed by atoms with E-state index in [9.17, 15) is 4.79 Å². The molecule has 19 heavy (non-hydrogen) atoms. The van der Waals surface area contributed by atoms with Gasteiger partial charge in [-0.15, -0.1) is 11.3 Å². The number of aliphatic carboxylic acids is 1. The van der Waals surface area contributed by atoms with E-state index in [0.717, 1.165) is 17.3 Å². The number of carboxylic acids is 1. The van der Waals surface area contributed by atoms with Gasteiger partial charge in [0, 0.05) is 11.1 Å². The van der Waals surface area contributed by atoms with Crippen LogP contribution in [0, 0.1) is 6.92 Å². The van der Waals surface area contributed by atoms with Gasteiger partial charge in [-0.25, -0.2) is 4.98 Å². The first kappa shape index (κ1) is 14.1. The van der Waals surface area contributed by atoms with E-state index in [4.69, 9.17) is 5.11 Å². The van der Waals surface area contributed by atoms with Crippen LogP contribution in [-0.4, -0.2) is 26.4 Å². The van der Waals surface area contributed by atoms with E-state index in [1.54, 1.807) is 11.3 Å². The van der Waals surface area contributed by atoms with Crippen LogP contribution in [0.5, 0.6) is 0 Å². The van der Waals surface area contributed by atoms with E-state index in [1.807, 2.05) is 19.2 Å². The van der Waals surface area contributed by atoms with Gasteiger partial charge in [0.05, 0.1) is 17.5 Å². The molecule has 2 rings (SSSR count). The van der Waals surface area contributed by atoms with Crippen molar-refractivity contribution in [3.63, 3.8) is 0 Å². The zero-order chi connectivity index (χ0) is 13.8. The van der Waals surface area contributed by atoms with Crippen LogP contribution in [0.15, 0.2) is 28.9 Å². The Balaban J connectivity index is 2.29. The molecule has 0 radical (unpaired) electrons. The van der Waals surface area contributed by atoms with Gasteiger partial charge < -0.3 is 9.67 Å². The highest BCUT2D eigenvalue weighted by Crippen LogP contribution is 2.30. The molecule has 0 amide bonds. The summed E-state index contributed by atoms with van der Waals surface area (Å²) in [6, 6.07) is 4.38. The van der Waals surface area contributed by atoms with Gasteiger partial charge >= 0.3 is 5.97 Å². The van der Waals surface area contributed by atoms with Gasteiger partial charge in [0.2, 0.25) is 0 Å². The first-order valence-corrected chi connectivity index (χ1v) is 7.91. The van der Waals surface area contributed by atoms with E-state index in [-0.39, 0.29) is 11.8 Å². The summed E-state index contributed by atoms with van der Waals surface area (Å²) in [5, 5.41) is 11.6. The Bertz CT molecular complexity index is 549. The maximum absolute atomic E-state index is 10.7. The topological polar surface area (TPSA) is 55.1 Å². The third kappa shape index (κ3) is 3.39. The van der Waals surface area contributed by atoms with Crippen LogP contribution in [0.25, 0.3) is 0 Å². The van der Waals surface area contributed by atoms with Gasteiger partial charge in [-0.3, -0.25) is 4.79 Å². The molecule has 1 atom stereocenters. The van der Waals surface area contributed by atoms with Crippen LogP contribution in [0.4, 0.5) is 0 Å². The van der Waals surface area contributed by atoms with E-state index >= 15 is 0 Å². The fraction of sp³-hybridized carbons (Fsp3) is 0.385. The van der Waals surface area contributed by atoms with Gasteiger partial charge in [-0.1, -0.05) is 24.8 Å². The number of nitrogens with zero attached hydrogens (tertiary/aromatic N) is 2. The lowest BCUT2D eigenvalue weighted by Crippen LogP contribution is -2.09. The molecule has 2 heterocycles. The molecule has 0 aliphatic heterocycles. The number of rotatable bonds is 6. The number of hydrogen-bond donors (Lipinski definition) is 1. The molecule has 0 saturated carbocycles. The van der Waals surface area contributed by atoms with Crippen LogP contribution in [0.2, 0.25) is 0 Å². The SMILES string of the molecule is CCC(c1cccs1)n1cc(C)nc1SCC(=O)O. The summed E-state index contributed by atoms with van der Waals surface area (Å²) < 4.78 is 2.09. The second-order valence-electron chi connectivity index (χ2n) is 4.19. The molecule has 0 fully saturated rings. The van der Waals surface area contributed by atoms with E-state index in [2.05, 4.69) is 27.9 Å². The first-order chi connectivity index (χ1) is 9.11. The minimum absolute atomic E-state index is 0.0390. The van der Waals surface area contributed by atoms with Crippen molar-refractivity contribution in [2.24, 2.45) is 0 Å². The molecule has 1 unspecified atom stereocenters. The Morgan fingerprint density at radius 3 is 3.00 bits per heavy atom. The van der Waals surface area contributed by atoms with Crippen LogP contribution in [0.3, 0.4) is 0 Å². The Labute approximate surface area is 120 Å². The highest BCUT2D eigenvalue weighted by Gasteiger charge is 2.18. The van der Waals surface area contributed by atoms with Crippen LogP contribution >= 0.6 is 23.1 Å². The number of carbonyl (C=O) groups is 1. The largest absolute Gasteiger partial charge is 0.481 e. The second kappa shape index (κ2) is 6.25. The maximum Gasteiger partial charge on any atom is 0.313 e. The molecule has 0 aromatic carbocycles. The molecule has 0 saturated heterocycles. The number of aryl methyl sites for hydroxylation is 1. The van der Waals surface area contributed by atoms with Crippen molar-refractivity contribution in [3.05, 3.63) is 34.3 Å². The van der Waals surface area contributed by atoms with Crippen LogP contribution in [0.1, 0.15) is 30.0 Å². The molecule has 6 heteroatoms.